The molecule has 0 saturated carbocycles. The van der Waals surface area contributed by atoms with Gasteiger partial charge < -0.3 is 14.8 Å². The summed E-state index contributed by atoms with van der Waals surface area (Å²) >= 11 is 0. The lowest BCUT2D eigenvalue weighted by Crippen LogP contribution is -2.44. The van der Waals surface area contributed by atoms with E-state index >= 15 is 0 Å². The Hall–Kier alpha value is -2.12. The van der Waals surface area contributed by atoms with Gasteiger partial charge in [0.15, 0.2) is 0 Å². The third-order valence-corrected chi connectivity index (χ3v) is 5.21. The summed E-state index contributed by atoms with van der Waals surface area (Å²) in [6.45, 7) is 4.09. The number of carbonyl (C=O) groups excluding carboxylic acids is 2. The highest BCUT2D eigenvalue weighted by Gasteiger charge is 2.41. The fourth-order valence-electron chi connectivity index (χ4n) is 3.54. The fourth-order valence-corrected chi connectivity index (χ4v) is 3.54. The molecule has 1 saturated heterocycles. The lowest BCUT2D eigenvalue weighted by molar-refractivity contribution is -0.128. The molecule has 1 fully saturated rings. The van der Waals surface area contributed by atoms with Gasteiger partial charge in [0.1, 0.15) is 5.75 Å². The second kappa shape index (κ2) is 7.63. The van der Waals surface area contributed by atoms with Crippen molar-refractivity contribution in [3.8, 4) is 5.75 Å². The van der Waals surface area contributed by atoms with Crippen molar-refractivity contribution in [1.29, 1.82) is 0 Å². The molecule has 2 heterocycles. The number of rotatable bonds is 5. The average Bonchev–Trinajstić information content (AvgIpc) is 3.03. The Morgan fingerprint density at radius 3 is 2.77 bits per heavy atom. The van der Waals surface area contributed by atoms with E-state index < -0.39 is 5.41 Å². The molecule has 0 aliphatic carbocycles. The average molecular weight is 362 g/mol. The van der Waals surface area contributed by atoms with Gasteiger partial charge in [0.05, 0.1) is 13.7 Å². The van der Waals surface area contributed by atoms with Crippen LogP contribution in [0.4, 0.5) is 0 Å². The van der Waals surface area contributed by atoms with Crippen LogP contribution >= 0.6 is 0 Å². The second-order valence-electron chi connectivity index (χ2n) is 7.12. The number of nitrogens with one attached hydrogen (secondary N) is 1. The summed E-state index contributed by atoms with van der Waals surface area (Å²) in [6, 6.07) is 5.41. The van der Waals surface area contributed by atoms with E-state index in [1.54, 1.807) is 19.2 Å². The minimum Gasteiger partial charge on any atom is -0.492 e. The predicted molar refractivity (Wildman–Crippen MR) is 94.9 cm³/mol. The molecule has 0 unspecified atom stereocenters. The van der Waals surface area contributed by atoms with Gasteiger partial charge in [0.2, 0.25) is 5.91 Å². The van der Waals surface area contributed by atoms with Gasteiger partial charge in [-0.25, -0.2) is 5.06 Å². The number of carbonyl (C=O) groups is 2. The largest absolute Gasteiger partial charge is 0.492 e. The fraction of sp³-hybridized carbons (Fsp3) is 0.579. The highest BCUT2D eigenvalue weighted by Crippen LogP contribution is 2.41. The van der Waals surface area contributed by atoms with Crippen LogP contribution in [0.1, 0.15) is 35.7 Å². The maximum atomic E-state index is 12.7. The summed E-state index contributed by atoms with van der Waals surface area (Å²) in [7, 11) is 3.02. The third kappa shape index (κ3) is 3.54. The summed E-state index contributed by atoms with van der Waals surface area (Å²) < 4.78 is 11.1. The Morgan fingerprint density at radius 2 is 2.08 bits per heavy atom. The molecule has 142 valence electrons. The first-order valence-electron chi connectivity index (χ1n) is 8.90. The van der Waals surface area contributed by atoms with Gasteiger partial charge in [0.25, 0.3) is 5.91 Å². The summed E-state index contributed by atoms with van der Waals surface area (Å²) in [5.41, 5.74) is 0.880. The van der Waals surface area contributed by atoms with Gasteiger partial charge in [-0.05, 0) is 25.0 Å². The number of hydrogen-bond acceptors (Lipinski definition) is 5. The number of amides is 2. The molecule has 2 aliphatic heterocycles. The van der Waals surface area contributed by atoms with Crippen molar-refractivity contribution in [3.05, 3.63) is 29.3 Å². The van der Waals surface area contributed by atoms with Crippen LogP contribution in [0.5, 0.6) is 5.75 Å². The molecular formula is C19H26N2O5. The van der Waals surface area contributed by atoms with E-state index in [-0.39, 0.29) is 17.7 Å². The Kier molecular flexibility index (Phi) is 5.48. The van der Waals surface area contributed by atoms with Crippen LogP contribution in [-0.2, 0) is 19.8 Å². The molecule has 2 aliphatic rings. The summed E-state index contributed by atoms with van der Waals surface area (Å²) in [4.78, 5) is 30.2. The first-order valence-corrected chi connectivity index (χ1v) is 8.90. The minimum absolute atomic E-state index is 0.00866. The molecule has 0 bridgehead atoms. The van der Waals surface area contributed by atoms with Crippen LogP contribution in [0.25, 0.3) is 0 Å². The topological polar surface area (TPSA) is 77.1 Å². The molecule has 0 spiro atoms. The molecule has 0 radical (unpaired) electrons. The number of nitrogens with zero attached hydrogens (tertiary/aromatic N) is 1. The zero-order chi connectivity index (χ0) is 18.7. The molecule has 26 heavy (non-hydrogen) atoms. The summed E-state index contributed by atoms with van der Waals surface area (Å²) in [5.74, 6) is 0.478. The van der Waals surface area contributed by atoms with E-state index in [4.69, 9.17) is 14.3 Å². The molecule has 7 heteroatoms. The number of benzene rings is 1. The van der Waals surface area contributed by atoms with Gasteiger partial charge in [-0.2, -0.15) is 0 Å². The molecule has 1 N–H and O–H groups in total. The zero-order valence-electron chi connectivity index (χ0n) is 15.5. The molecule has 2 amide bonds. The van der Waals surface area contributed by atoms with Crippen molar-refractivity contribution in [2.75, 3.05) is 40.5 Å². The zero-order valence-corrected chi connectivity index (χ0v) is 15.5. The lowest BCUT2D eigenvalue weighted by atomic mass is 9.81. The molecule has 1 aromatic rings. The molecule has 1 aromatic carbocycles. The van der Waals surface area contributed by atoms with Crippen LogP contribution in [0.2, 0.25) is 0 Å². The van der Waals surface area contributed by atoms with E-state index in [2.05, 4.69) is 5.32 Å². The van der Waals surface area contributed by atoms with Gasteiger partial charge in [0, 0.05) is 49.3 Å². The number of ether oxygens (including phenoxy) is 2. The normalized spacial score (nSPS) is 22.4. The van der Waals surface area contributed by atoms with Crippen molar-refractivity contribution >= 4 is 11.8 Å². The van der Waals surface area contributed by atoms with E-state index in [0.29, 0.717) is 37.7 Å². The molecule has 7 nitrogen and oxygen atoms in total. The SMILES string of the molecule is CON(C)C(=O)c1cccc2c1[C@@](C)(CNC(=O)C1CCOCC1)CO2. The lowest BCUT2D eigenvalue weighted by Gasteiger charge is -2.28. The Bertz CT molecular complexity index is 687. The second-order valence-corrected chi connectivity index (χ2v) is 7.12. The van der Waals surface area contributed by atoms with Crippen LogP contribution in [-0.4, -0.2) is 57.4 Å². The maximum Gasteiger partial charge on any atom is 0.277 e. The van der Waals surface area contributed by atoms with Crippen molar-refractivity contribution in [2.24, 2.45) is 5.92 Å². The monoisotopic (exact) mass is 362 g/mol. The Morgan fingerprint density at radius 1 is 1.35 bits per heavy atom. The number of hydrogen-bond donors (Lipinski definition) is 1. The van der Waals surface area contributed by atoms with Crippen molar-refractivity contribution in [1.82, 2.24) is 10.4 Å². The molecule has 3 rings (SSSR count). The van der Waals surface area contributed by atoms with E-state index in [9.17, 15) is 9.59 Å². The Labute approximate surface area is 153 Å². The standard InChI is InChI=1S/C19H26N2O5/c1-19(11-20-17(22)13-7-9-25-10-8-13)12-26-15-6-4-5-14(16(15)19)18(23)21(2)24-3/h4-6,13H,7-12H2,1-3H3,(H,20,22)/t19-/m0/s1. The van der Waals surface area contributed by atoms with Crippen molar-refractivity contribution in [3.63, 3.8) is 0 Å². The van der Waals surface area contributed by atoms with Crippen LogP contribution < -0.4 is 10.1 Å². The minimum atomic E-state index is -0.475. The first-order chi connectivity index (χ1) is 12.5. The van der Waals surface area contributed by atoms with Gasteiger partial charge >= 0.3 is 0 Å². The molecular weight excluding hydrogens is 336 g/mol. The summed E-state index contributed by atoms with van der Waals surface area (Å²) in [6.07, 6.45) is 1.50. The van der Waals surface area contributed by atoms with Crippen LogP contribution in [0.15, 0.2) is 18.2 Å². The highest BCUT2D eigenvalue weighted by molar-refractivity contribution is 5.96. The maximum absolute atomic E-state index is 12.7. The first kappa shape index (κ1) is 18.7. The Balaban J connectivity index is 1.78. The number of hydroxylamine groups is 2. The smallest absolute Gasteiger partial charge is 0.277 e. The quantitative estimate of drug-likeness (QED) is 0.804. The highest BCUT2D eigenvalue weighted by atomic mass is 16.7. The van der Waals surface area contributed by atoms with E-state index in [1.807, 2.05) is 13.0 Å². The summed E-state index contributed by atoms with van der Waals surface area (Å²) in [5, 5.41) is 4.24. The molecule has 0 aromatic heterocycles. The predicted octanol–water partition coefficient (Wildman–Crippen LogP) is 1.51. The van der Waals surface area contributed by atoms with Crippen LogP contribution in [0.3, 0.4) is 0 Å². The van der Waals surface area contributed by atoms with E-state index in [0.717, 1.165) is 18.4 Å². The van der Waals surface area contributed by atoms with Gasteiger partial charge in [-0.15, -0.1) is 0 Å². The van der Waals surface area contributed by atoms with Gasteiger partial charge in [-0.3, -0.25) is 14.4 Å². The van der Waals surface area contributed by atoms with Gasteiger partial charge in [-0.1, -0.05) is 13.0 Å². The van der Waals surface area contributed by atoms with Crippen LogP contribution in [0, 0.1) is 5.92 Å². The molecule has 1 atom stereocenters. The third-order valence-electron chi connectivity index (χ3n) is 5.21. The van der Waals surface area contributed by atoms with E-state index in [1.165, 1.54) is 12.2 Å². The van der Waals surface area contributed by atoms with Crippen molar-refractivity contribution in [2.45, 2.75) is 25.2 Å². The number of fused-ring (bicyclic) bond motifs is 1. The van der Waals surface area contributed by atoms with Crippen molar-refractivity contribution < 1.29 is 23.9 Å².